The number of fused-ring (bicyclic) bond motifs is 1. The van der Waals surface area contributed by atoms with Gasteiger partial charge in [-0.1, -0.05) is 18.6 Å². The first-order valence-corrected chi connectivity index (χ1v) is 9.33. The van der Waals surface area contributed by atoms with Gasteiger partial charge in [0.2, 0.25) is 10.0 Å². The Morgan fingerprint density at radius 1 is 1.23 bits per heavy atom. The Hall–Kier alpha value is -1.24. The van der Waals surface area contributed by atoms with Crippen molar-refractivity contribution >= 4 is 15.8 Å². The van der Waals surface area contributed by atoms with Crippen LogP contribution in [-0.4, -0.2) is 44.3 Å². The SMILES string of the molecule is CC(=O)c1cccc(S(=O)(=O)N[C@@H]2CCN3CCCC[C@H]23)c1. The number of ketones is 1. The van der Waals surface area contributed by atoms with Gasteiger partial charge in [-0.05, 0) is 44.9 Å². The Labute approximate surface area is 131 Å². The normalized spacial score (nSPS) is 25.9. The molecule has 2 atom stereocenters. The lowest BCUT2D eigenvalue weighted by atomic mass is 10.00. The zero-order chi connectivity index (χ0) is 15.7. The summed E-state index contributed by atoms with van der Waals surface area (Å²) in [7, 11) is -3.58. The van der Waals surface area contributed by atoms with Crippen molar-refractivity contribution in [1.29, 1.82) is 0 Å². The number of nitrogens with one attached hydrogen (secondary N) is 1. The summed E-state index contributed by atoms with van der Waals surface area (Å²) >= 11 is 0. The van der Waals surface area contributed by atoms with Gasteiger partial charge >= 0.3 is 0 Å². The van der Waals surface area contributed by atoms with Gasteiger partial charge in [-0.2, -0.15) is 0 Å². The number of piperidine rings is 1. The van der Waals surface area contributed by atoms with E-state index < -0.39 is 10.0 Å². The summed E-state index contributed by atoms with van der Waals surface area (Å²) in [5.74, 6) is -0.128. The number of rotatable bonds is 4. The Balaban J connectivity index is 1.79. The zero-order valence-electron chi connectivity index (χ0n) is 12.8. The molecule has 2 fully saturated rings. The van der Waals surface area contributed by atoms with Crippen LogP contribution in [0.3, 0.4) is 0 Å². The van der Waals surface area contributed by atoms with Gasteiger partial charge in [0.05, 0.1) is 4.90 Å². The highest BCUT2D eigenvalue weighted by molar-refractivity contribution is 7.89. The van der Waals surface area contributed by atoms with Crippen molar-refractivity contribution in [3.63, 3.8) is 0 Å². The second kappa shape index (κ2) is 6.10. The monoisotopic (exact) mass is 322 g/mol. The number of carbonyl (C=O) groups is 1. The smallest absolute Gasteiger partial charge is 0.240 e. The molecule has 0 radical (unpaired) electrons. The minimum Gasteiger partial charge on any atom is -0.299 e. The van der Waals surface area contributed by atoms with Crippen molar-refractivity contribution in [2.45, 2.75) is 49.6 Å². The van der Waals surface area contributed by atoms with Crippen LogP contribution in [0.25, 0.3) is 0 Å². The standard InChI is InChI=1S/C16H22N2O3S/c1-12(19)13-5-4-6-14(11-13)22(20,21)17-15-8-10-18-9-3-2-7-16(15)18/h4-6,11,15-17H,2-3,7-10H2,1H3/t15-,16-/m1/s1. The van der Waals surface area contributed by atoms with E-state index in [1.165, 1.54) is 25.8 Å². The fourth-order valence-electron chi connectivity index (χ4n) is 3.53. The Kier molecular flexibility index (Phi) is 4.34. The minimum atomic E-state index is -3.58. The second-order valence-electron chi connectivity index (χ2n) is 6.20. The minimum absolute atomic E-state index is 0.0220. The molecule has 120 valence electrons. The topological polar surface area (TPSA) is 66.5 Å². The van der Waals surface area contributed by atoms with E-state index in [9.17, 15) is 13.2 Å². The number of sulfonamides is 1. The molecule has 0 aromatic heterocycles. The van der Waals surface area contributed by atoms with E-state index in [0.29, 0.717) is 11.6 Å². The molecule has 5 nitrogen and oxygen atoms in total. The van der Waals surface area contributed by atoms with Crippen LogP contribution in [0, 0.1) is 0 Å². The Morgan fingerprint density at radius 3 is 2.82 bits per heavy atom. The van der Waals surface area contributed by atoms with Gasteiger partial charge < -0.3 is 0 Å². The van der Waals surface area contributed by atoms with Crippen LogP contribution < -0.4 is 4.72 Å². The van der Waals surface area contributed by atoms with Crippen molar-refractivity contribution in [2.24, 2.45) is 0 Å². The molecule has 2 aliphatic heterocycles. The number of hydrogen-bond acceptors (Lipinski definition) is 4. The van der Waals surface area contributed by atoms with Gasteiger partial charge in [-0.25, -0.2) is 13.1 Å². The first-order valence-electron chi connectivity index (χ1n) is 7.85. The molecule has 0 amide bonds. The Morgan fingerprint density at radius 2 is 2.05 bits per heavy atom. The van der Waals surface area contributed by atoms with Crippen molar-refractivity contribution in [3.05, 3.63) is 29.8 Å². The molecular formula is C16H22N2O3S. The molecule has 0 aliphatic carbocycles. The van der Waals surface area contributed by atoms with Crippen LogP contribution in [0.15, 0.2) is 29.2 Å². The number of Topliss-reactive ketones (excluding diaryl/α,β-unsaturated/α-hetero) is 1. The van der Waals surface area contributed by atoms with E-state index in [0.717, 1.165) is 25.9 Å². The van der Waals surface area contributed by atoms with E-state index in [-0.39, 0.29) is 16.7 Å². The van der Waals surface area contributed by atoms with Crippen LogP contribution in [-0.2, 0) is 10.0 Å². The maximum atomic E-state index is 12.6. The molecule has 3 rings (SSSR count). The molecule has 2 aliphatic rings. The maximum Gasteiger partial charge on any atom is 0.240 e. The Bertz CT molecular complexity index is 672. The summed E-state index contributed by atoms with van der Waals surface area (Å²) in [5, 5.41) is 0. The molecule has 0 spiro atoms. The van der Waals surface area contributed by atoms with Gasteiger partial charge in [0, 0.05) is 24.2 Å². The average molecular weight is 322 g/mol. The lowest BCUT2D eigenvalue weighted by Crippen LogP contribution is -2.46. The zero-order valence-corrected chi connectivity index (χ0v) is 13.6. The molecule has 1 aromatic rings. The molecule has 0 bridgehead atoms. The third kappa shape index (κ3) is 3.09. The number of hydrogen-bond donors (Lipinski definition) is 1. The lowest BCUT2D eigenvalue weighted by molar-refractivity contribution is 0.101. The second-order valence-corrected chi connectivity index (χ2v) is 7.91. The highest BCUT2D eigenvalue weighted by Gasteiger charge is 2.37. The third-order valence-electron chi connectivity index (χ3n) is 4.71. The van der Waals surface area contributed by atoms with E-state index in [2.05, 4.69) is 9.62 Å². The number of benzene rings is 1. The largest absolute Gasteiger partial charge is 0.299 e. The summed E-state index contributed by atoms with van der Waals surface area (Å²) in [6, 6.07) is 6.55. The molecule has 22 heavy (non-hydrogen) atoms. The molecule has 1 N–H and O–H groups in total. The van der Waals surface area contributed by atoms with Gasteiger partial charge in [-0.15, -0.1) is 0 Å². The highest BCUT2D eigenvalue weighted by atomic mass is 32.2. The van der Waals surface area contributed by atoms with Gasteiger partial charge in [-0.3, -0.25) is 9.69 Å². The summed E-state index contributed by atoms with van der Waals surface area (Å²) in [5.41, 5.74) is 0.425. The van der Waals surface area contributed by atoms with Gasteiger partial charge in [0.15, 0.2) is 5.78 Å². The first kappa shape index (κ1) is 15.6. The number of nitrogens with zero attached hydrogens (tertiary/aromatic N) is 1. The van der Waals surface area contributed by atoms with Crippen LogP contribution in [0.5, 0.6) is 0 Å². The predicted molar refractivity (Wildman–Crippen MR) is 84.4 cm³/mol. The van der Waals surface area contributed by atoms with E-state index >= 15 is 0 Å². The molecule has 1 aromatic carbocycles. The molecular weight excluding hydrogens is 300 g/mol. The average Bonchev–Trinajstić information content (AvgIpc) is 2.90. The van der Waals surface area contributed by atoms with Gasteiger partial charge in [0.25, 0.3) is 0 Å². The predicted octanol–water partition coefficient (Wildman–Crippen LogP) is 1.79. The van der Waals surface area contributed by atoms with Crippen molar-refractivity contribution < 1.29 is 13.2 Å². The van der Waals surface area contributed by atoms with Crippen molar-refractivity contribution in [3.8, 4) is 0 Å². The summed E-state index contributed by atoms with van der Waals surface area (Å²) in [4.78, 5) is 14.0. The summed E-state index contributed by atoms with van der Waals surface area (Å²) in [6.45, 7) is 3.48. The maximum absolute atomic E-state index is 12.6. The molecule has 2 heterocycles. The molecule has 0 unspecified atom stereocenters. The quantitative estimate of drug-likeness (QED) is 0.858. The third-order valence-corrected chi connectivity index (χ3v) is 6.20. The number of carbonyl (C=O) groups excluding carboxylic acids is 1. The summed E-state index contributed by atoms with van der Waals surface area (Å²) < 4.78 is 28.0. The summed E-state index contributed by atoms with van der Waals surface area (Å²) in [6.07, 6.45) is 4.28. The highest BCUT2D eigenvalue weighted by Crippen LogP contribution is 2.28. The van der Waals surface area contributed by atoms with E-state index in [1.807, 2.05) is 0 Å². The fourth-order valence-corrected chi connectivity index (χ4v) is 4.88. The van der Waals surface area contributed by atoms with Gasteiger partial charge in [0.1, 0.15) is 0 Å². The van der Waals surface area contributed by atoms with Crippen LogP contribution in [0.4, 0.5) is 0 Å². The molecule has 2 saturated heterocycles. The van der Waals surface area contributed by atoms with Crippen LogP contribution in [0.2, 0.25) is 0 Å². The van der Waals surface area contributed by atoms with Crippen LogP contribution >= 0.6 is 0 Å². The van der Waals surface area contributed by atoms with Crippen molar-refractivity contribution in [2.75, 3.05) is 13.1 Å². The van der Waals surface area contributed by atoms with E-state index in [1.54, 1.807) is 18.2 Å². The fraction of sp³-hybridized carbons (Fsp3) is 0.562. The van der Waals surface area contributed by atoms with Crippen LogP contribution in [0.1, 0.15) is 43.0 Å². The molecule has 0 saturated carbocycles. The lowest BCUT2D eigenvalue weighted by Gasteiger charge is -2.32. The molecule has 6 heteroatoms. The first-order chi connectivity index (χ1) is 10.5. The van der Waals surface area contributed by atoms with Crippen molar-refractivity contribution in [1.82, 2.24) is 9.62 Å². The van der Waals surface area contributed by atoms with E-state index in [4.69, 9.17) is 0 Å².